The quantitative estimate of drug-likeness (QED) is 0.786. The van der Waals surface area contributed by atoms with Crippen molar-refractivity contribution in [1.29, 1.82) is 0 Å². The molecule has 22 heavy (non-hydrogen) atoms. The molecule has 0 aromatic carbocycles. The van der Waals surface area contributed by atoms with E-state index in [2.05, 4.69) is 15.3 Å². The van der Waals surface area contributed by atoms with Crippen molar-refractivity contribution in [3.8, 4) is 0 Å². The van der Waals surface area contributed by atoms with Gasteiger partial charge in [0.1, 0.15) is 0 Å². The van der Waals surface area contributed by atoms with Gasteiger partial charge in [-0.1, -0.05) is 6.07 Å². The van der Waals surface area contributed by atoms with Crippen molar-refractivity contribution in [2.75, 3.05) is 11.6 Å². The van der Waals surface area contributed by atoms with Crippen LogP contribution in [0, 0.1) is 6.92 Å². The lowest BCUT2D eigenvalue weighted by Gasteiger charge is -1.99. The maximum Gasteiger partial charge on any atom is 0.278 e. The number of nitrogens with one attached hydrogen (secondary N) is 1. The van der Waals surface area contributed by atoms with Crippen LogP contribution in [0.5, 0.6) is 0 Å². The number of thiazole rings is 1. The normalized spacial score (nSPS) is 11.7. The molecule has 3 aromatic heterocycles. The number of sulfone groups is 1. The lowest BCUT2D eigenvalue weighted by atomic mass is 10.3. The Hall–Kier alpha value is -2.26. The van der Waals surface area contributed by atoms with E-state index in [0.717, 1.165) is 11.9 Å². The van der Waals surface area contributed by atoms with E-state index in [4.69, 9.17) is 0 Å². The van der Waals surface area contributed by atoms with Crippen LogP contribution in [0.3, 0.4) is 0 Å². The number of carbonyl (C=O) groups excluding carboxylic acids is 1. The molecular formula is C13H12N4O3S2. The first kappa shape index (κ1) is 14.7. The second kappa shape index (κ2) is 5.18. The summed E-state index contributed by atoms with van der Waals surface area (Å²) in [5.41, 5.74) is 1.27. The Labute approximate surface area is 130 Å². The first-order valence-electron chi connectivity index (χ1n) is 6.27. The highest BCUT2D eigenvalue weighted by molar-refractivity contribution is 7.90. The number of aromatic nitrogens is 3. The summed E-state index contributed by atoms with van der Waals surface area (Å²) in [4.78, 5) is 20.5. The van der Waals surface area contributed by atoms with Gasteiger partial charge in [-0.2, -0.15) is 0 Å². The molecule has 0 spiro atoms. The van der Waals surface area contributed by atoms with Crippen LogP contribution in [0.15, 0.2) is 34.9 Å². The van der Waals surface area contributed by atoms with E-state index in [-0.39, 0.29) is 10.9 Å². The zero-order chi connectivity index (χ0) is 15.9. The maximum atomic E-state index is 12.4. The summed E-state index contributed by atoms with van der Waals surface area (Å²) >= 11 is 1.29. The van der Waals surface area contributed by atoms with E-state index < -0.39 is 15.7 Å². The summed E-state index contributed by atoms with van der Waals surface area (Å²) in [6.45, 7) is 1.82. The molecule has 0 unspecified atom stereocenters. The molecule has 3 aromatic rings. The standard InChI is InChI=1S/C13H12N4O3S2/c1-8-7-21-12(14-8)16-11(18)10-9-5-3-4-6-17(9)13(15-10)22(2,19)20/h3-7H,1-2H3,(H,14,16,18). The number of hydrogen-bond donors (Lipinski definition) is 1. The van der Waals surface area contributed by atoms with Crippen LogP contribution in [0.4, 0.5) is 5.13 Å². The Morgan fingerprint density at radius 3 is 2.73 bits per heavy atom. The molecule has 1 N–H and O–H groups in total. The fraction of sp³-hybridized carbons (Fsp3) is 0.154. The largest absolute Gasteiger partial charge is 0.296 e. The molecule has 3 heterocycles. The van der Waals surface area contributed by atoms with Gasteiger partial charge in [-0.15, -0.1) is 11.3 Å². The summed E-state index contributed by atoms with van der Waals surface area (Å²) in [5.74, 6) is -0.493. The molecule has 0 saturated heterocycles. The van der Waals surface area contributed by atoms with Crippen molar-refractivity contribution in [1.82, 2.24) is 14.4 Å². The average Bonchev–Trinajstić information content (AvgIpc) is 3.02. The Balaban J connectivity index is 2.09. The third kappa shape index (κ3) is 2.60. The van der Waals surface area contributed by atoms with Crippen LogP contribution < -0.4 is 5.32 Å². The number of hydrogen-bond acceptors (Lipinski definition) is 6. The molecule has 1 amide bonds. The van der Waals surface area contributed by atoms with Crippen molar-refractivity contribution < 1.29 is 13.2 Å². The highest BCUT2D eigenvalue weighted by Gasteiger charge is 2.23. The van der Waals surface area contributed by atoms with Gasteiger partial charge in [-0.25, -0.2) is 18.4 Å². The fourth-order valence-electron chi connectivity index (χ4n) is 2.01. The molecule has 0 aliphatic carbocycles. The Kier molecular flexibility index (Phi) is 3.45. The first-order chi connectivity index (χ1) is 10.4. The number of aryl methyl sites for hydroxylation is 1. The van der Waals surface area contributed by atoms with Gasteiger partial charge in [0.25, 0.3) is 5.91 Å². The number of pyridine rings is 1. The molecule has 0 aliphatic rings. The SMILES string of the molecule is Cc1csc(NC(=O)c2nc(S(C)(=O)=O)n3ccccc23)n1. The number of amides is 1. The number of rotatable bonds is 3. The number of fused-ring (bicyclic) bond motifs is 1. The van der Waals surface area contributed by atoms with Gasteiger partial charge < -0.3 is 0 Å². The van der Waals surface area contributed by atoms with Gasteiger partial charge in [0, 0.05) is 17.8 Å². The predicted octanol–water partition coefficient (Wildman–Crippen LogP) is 1.76. The number of carbonyl (C=O) groups is 1. The predicted molar refractivity (Wildman–Crippen MR) is 83.1 cm³/mol. The summed E-state index contributed by atoms with van der Waals surface area (Å²) in [6.07, 6.45) is 2.61. The summed E-state index contributed by atoms with van der Waals surface area (Å²) in [5, 5.41) is 4.72. The van der Waals surface area contributed by atoms with Gasteiger partial charge in [-0.3, -0.25) is 14.5 Å². The summed E-state index contributed by atoms with van der Waals surface area (Å²) in [7, 11) is -3.55. The number of imidazole rings is 1. The molecule has 0 fully saturated rings. The Morgan fingerprint density at radius 1 is 1.32 bits per heavy atom. The van der Waals surface area contributed by atoms with Crippen LogP contribution in [-0.2, 0) is 9.84 Å². The van der Waals surface area contributed by atoms with E-state index >= 15 is 0 Å². The Morgan fingerprint density at radius 2 is 2.09 bits per heavy atom. The van der Waals surface area contributed by atoms with Crippen molar-refractivity contribution in [3.63, 3.8) is 0 Å². The maximum absolute atomic E-state index is 12.4. The molecule has 9 heteroatoms. The monoisotopic (exact) mass is 336 g/mol. The zero-order valence-electron chi connectivity index (χ0n) is 11.8. The van der Waals surface area contributed by atoms with E-state index in [1.807, 2.05) is 12.3 Å². The fourth-order valence-corrected chi connectivity index (χ4v) is 3.46. The van der Waals surface area contributed by atoms with Gasteiger partial charge in [0.15, 0.2) is 10.8 Å². The second-order valence-electron chi connectivity index (χ2n) is 4.72. The minimum absolute atomic E-state index is 0.0499. The van der Waals surface area contributed by atoms with Crippen LogP contribution in [0.2, 0.25) is 0 Å². The third-order valence-electron chi connectivity index (χ3n) is 2.90. The number of anilines is 1. The zero-order valence-corrected chi connectivity index (χ0v) is 13.4. The molecule has 0 radical (unpaired) electrons. The van der Waals surface area contributed by atoms with Crippen molar-refractivity contribution in [2.45, 2.75) is 12.1 Å². The molecule has 0 atom stereocenters. The van der Waals surface area contributed by atoms with Crippen molar-refractivity contribution in [3.05, 3.63) is 41.2 Å². The summed E-state index contributed by atoms with van der Waals surface area (Å²) in [6, 6.07) is 5.03. The Bertz CT molecular complexity index is 972. The smallest absolute Gasteiger partial charge is 0.278 e. The molecule has 114 valence electrons. The van der Waals surface area contributed by atoms with E-state index in [9.17, 15) is 13.2 Å². The van der Waals surface area contributed by atoms with Gasteiger partial charge in [-0.05, 0) is 19.1 Å². The lowest BCUT2D eigenvalue weighted by Crippen LogP contribution is -2.13. The molecule has 3 rings (SSSR count). The van der Waals surface area contributed by atoms with Crippen LogP contribution in [0.1, 0.15) is 16.2 Å². The van der Waals surface area contributed by atoms with Gasteiger partial charge >= 0.3 is 0 Å². The first-order valence-corrected chi connectivity index (χ1v) is 9.04. The molecular weight excluding hydrogens is 324 g/mol. The minimum atomic E-state index is -3.55. The number of nitrogens with zero attached hydrogens (tertiary/aromatic N) is 3. The average molecular weight is 336 g/mol. The van der Waals surface area contributed by atoms with E-state index in [0.29, 0.717) is 10.6 Å². The highest BCUT2D eigenvalue weighted by Crippen LogP contribution is 2.20. The van der Waals surface area contributed by atoms with Crippen LogP contribution >= 0.6 is 11.3 Å². The van der Waals surface area contributed by atoms with Gasteiger partial charge in [0.2, 0.25) is 15.0 Å². The van der Waals surface area contributed by atoms with Gasteiger partial charge in [0.05, 0.1) is 11.2 Å². The molecule has 0 bridgehead atoms. The summed E-state index contributed by atoms with van der Waals surface area (Å²) < 4.78 is 25.0. The van der Waals surface area contributed by atoms with Crippen LogP contribution in [-0.4, -0.2) is 34.9 Å². The van der Waals surface area contributed by atoms with Crippen molar-refractivity contribution in [2.24, 2.45) is 0 Å². The molecule has 0 saturated carbocycles. The van der Waals surface area contributed by atoms with E-state index in [1.54, 1.807) is 24.4 Å². The van der Waals surface area contributed by atoms with E-state index in [1.165, 1.54) is 15.7 Å². The highest BCUT2D eigenvalue weighted by atomic mass is 32.2. The van der Waals surface area contributed by atoms with Crippen LogP contribution in [0.25, 0.3) is 5.52 Å². The second-order valence-corrected chi connectivity index (χ2v) is 7.49. The minimum Gasteiger partial charge on any atom is -0.296 e. The molecule has 0 aliphatic heterocycles. The lowest BCUT2D eigenvalue weighted by molar-refractivity contribution is 0.102. The molecule has 7 nitrogen and oxygen atoms in total. The third-order valence-corrected chi connectivity index (χ3v) is 4.73. The topological polar surface area (TPSA) is 93.4 Å². The van der Waals surface area contributed by atoms with Crippen molar-refractivity contribution >= 4 is 37.7 Å².